The van der Waals surface area contributed by atoms with Crippen molar-refractivity contribution >= 4 is 10.4 Å². The van der Waals surface area contributed by atoms with Gasteiger partial charge in [0.2, 0.25) is 0 Å². The molecule has 0 aliphatic carbocycles. The Morgan fingerprint density at radius 1 is 0.789 bits per heavy atom. The van der Waals surface area contributed by atoms with E-state index in [1.807, 2.05) is 0 Å². The van der Waals surface area contributed by atoms with Crippen molar-refractivity contribution < 1.29 is 35.1 Å². The molecule has 0 aliphatic heterocycles. The Morgan fingerprint density at radius 3 is 1.16 bits per heavy atom. The lowest BCUT2D eigenvalue weighted by molar-refractivity contribution is 0.381. The molecule has 0 aliphatic rings. The molecule has 110 valence electrons. The van der Waals surface area contributed by atoms with Gasteiger partial charge in [-0.25, -0.2) is 17.6 Å². The Labute approximate surface area is 105 Å². The molecular formula is C8H10F4N2O4S. The maximum Gasteiger partial charge on any atom is 0.394 e. The molecule has 0 aromatic heterocycles. The van der Waals surface area contributed by atoms with Crippen LogP contribution in [0.5, 0.6) is 0 Å². The molecule has 0 fully saturated rings. The van der Waals surface area contributed by atoms with Gasteiger partial charge in [0.1, 0.15) is 0 Å². The minimum atomic E-state index is -4.67. The van der Waals surface area contributed by atoms with Gasteiger partial charge in [0.05, 0.1) is 0 Å². The maximum atomic E-state index is 13.0. The van der Waals surface area contributed by atoms with Gasteiger partial charge < -0.3 is 11.5 Å². The summed E-state index contributed by atoms with van der Waals surface area (Å²) in [6.07, 6.45) is 0. The van der Waals surface area contributed by atoms with Crippen molar-refractivity contribution in [3.8, 4) is 0 Å². The molecule has 0 spiro atoms. The van der Waals surface area contributed by atoms with Crippen molar-refractivity contribution in [2.75, 3.05) is 0 Å². The average Bonchev–Trinajstić information content (AvgIpc) is 2.28. The molecule has 0 bridgehead atoms. The van der Waals surface area contributed by atoms with E-state index in [4.69, 9.17) is 29.0 Å². The largest absolute Gasteiger partial charge is 0.394 e. The molecule has 6 N–H and O–H groups in total. The Balaban J connectivity index is 0.000000555. The van der Waals surface area contributed by atoms with Crippen LogP contribution in [0, 0.1) is 23.3 Å². The highest BCUT2D eigenvalue weighted by atomic mass is 32.3. The second-order valence-corrected chi connectivity index (χ2v) is 3.96. The molecule has 0 amide bonds. The molecule has 1 rings (SSSR count). The lowest BCUT2D eigenvalue weighted by Crippen LogP contribution is -2.14. The first-order chi connectivity index (χ1) is 8.54. The minimum absolute atomic E-state index is 0.427. The fourth-order valence-corrected chi connectivity index (χ4v) is 1.15. The summed E-state index contributed by atoms with van der Waals surface area (Å²) < 4.78 is 82.9. The first-order valence-electron chi connectivity index (χ1n) is 4.48. The van der Waals surface area contributed by atoms with Crippen molar-refractivity contribution in [3.63, 3.8) is 0 Å². The second kappa shape index (κ2) is 6.77. The van der Waals surface area contributed by atoms with Crippen molar-refractivity contribution in [2.45, 2.75) is 13.1 Å². The highest BCUT2D eigenvalue weighted by molar-refractivity contribution is 7.79. The Morgan fingerprint density at radius 2 is 1.00 bits per heavy atom. The SMILES string of the molecule is NCc1c(F)c(F)c(F)c(F)c1CN.O=S(=O)(O)O. The molecule has 0 heterocycles. The normalized spacial score (nSPS) is 10.9. The van der Waals surface area contributed by atoms with Gasteiger partial charge in [-0.15, -0.1) is 0 Å². The number of hydrogen-bond donors (Lipinski definition) is 4. The molecule has 19 heavy (non-hydrogen) atoms. The van der Waals surface area contributed by atoms with Gasteiger partial charge in [0.15, 0.2) is 23.3 Å². The van der Waals surface area contributed by atoms with Crippen LogP contribution >= 0.6 is 0 Å². The van der Waals surface area contributed by atoms with E-state index in [9.17, 15) is 17.6 Å². The fourth-order valence-electron chi connectivity index (χ4n) is 1.15. The number of halogens is 4. The zero-order valence-corrected chi connectivity index (χ0v) is 10.0. The van der Waals surface area contributed by atoms with E-state index in [-0.39, 0.29) is 0 Å². The number of hydrogen-bond acceptors (Lipinski definition) is 4. The summed E-state index contributed by atoms with van der Waals surface area (Å²) in [6.45, 7) is -0.876. The predicted molar refractivity (Wildman–Crippen MR) is 56.2 cm³/mol. The zero-order chi connectivity index (χ0) is 15.4. The molecule has 1 aromatic carbocycles. The molecule has 0 radical (unpaired) electrons. The number of benzene rings is 1. The van der Waals surface area contributed by atoms with Crippen LogP contribution in [0.1, 0.15) is 11.1 Å². The van der Waals surface area contributed by atoms with Gasteiger partial charge in [-0.1, -0.05) is 0 Å². The summed E-state index contributed by atoms with van der Waals surface area (Å²) in [7, 11) is -4.67. The van der Waals surface area contributed by atoms with Crippen LogP contribution in [0.2, 0.25) is 0 Å². The third-order valence-electron chi connectivity index (χ3n) is 1.88. The first-order valence-corrected chi connectivity index (χ1v) is 5.87. The van der Waals surface area contributed by atoms with Crippen LogP contribution in [-0.4, -0.2) is 17.5 Å². The van der Waals surface area contributed by atoms with Crippen molar-refractivity contribution in [1.82, 2.24) is 0 Å². The summed E-state index contributed by atoms with van der Waals surface area (Å²) in [5, 5.41) is 0. The Hall–Kier alpha value is -1.27. The van der Waals surface area contributed by atoms with Gasteiger partial charge in [-0.05, 0) is 0 Å². The standard InChI is InChI=1S/C8H8F4N2.H2O4S/c9-5-3(1-13)4(2-14)6(10)8(12)7(5)11;1-5(2,3)4/h1-2,13-14H2;(H2,1,2,3,4). The summed E-state index contributed by atoms with van der Waals surface area (Å²) in [6, 6.07) is 0. The van der Waals surface area contributed by atoms with E-state index in [1.165, 1.54) is 0 Å². The van der Waals surface area contributed by atoms with Gasteiger partial charge in [0.25, 0.3) is 0 Å². The zero-order valence-electron chi connectivity index (χ0n) is 9.20. The van der Waals surface area contributed by atoms with E-state index in [0.29, 0.717) is 0 Å². The monoisotopic (exact) mass is 306 g/mol. The van der Waals surface area contributed by atoms with Crippen LogP contribution < -0.4 is 11.5 Å². The number of rotatable bonds is 2. The van der Waals surface area contributed by atoms with Crippen molar-refractivity contribution in [2.24, 2.45) is 11.5 Å². The lowest BCUT2D eigenvalue weighted by Gasteiger charge is -2.09. The van der Waals surface area contributed by atoms with Gasteiger partial charge in [0, 0.05) is 24.2 Å². The minimum Gasteiger partial charge on any atom is -0.326 e. The van der Waals surface area contributed by atoms with Crippen LogP contribution in [0.15, 0.2) is 0 Å². The van der Waals surface area contributed by atoms with Crippen LogP contribution in [0.4, 0.5) is 17.6 Å². The van der Waals surface area contributed by atoms with Crippen molar-refractivity contribution in [1.29, 1.82) is 0 Å². The molecule has 6 nitrogen and oxygen atoms in total. The third kappa shape index (κ3) is 5.08. The van der Waals surface area contributed by atoms with Crippen LogP contribution in [-0.2, 0) is 23.5 Å². The van der Waals surface area contributed by atoms with Crippen LogP contribution in [0.25, 0.3) is 0 Å². The molecule has 1 aromatic rings. The lowest BCUT2D eigenvalue weighted by atomic mass is 10.1. The summed E-state index contributed by atoms with van der Waals surface area (Å²) in [5.41, 5.74) is 9.27. The predicted octanol–water partition coefficient (Wildman–Crippen LogP) is 0.508. The fraction of sp³-hybridized carbons (Fsp3) is 0.250. The molecule has 0 unspecified atom stereocenters. The van der Waals surface area contributed by atoms with Crippen molar-refractivity contribution in [3.05, 3.63) is 34.4 Å². The highest BCUT2D eigenvalue weighted by Gasteiger charge is 2.23. The Kier molecular flexibility index (Phi) is 6.32. The molecule has 0 saturated heterocycles. The van der Waals surface area contributed by atoms with E-state index in [0.717, 1.165) is 0 Å². The molecule has 11 heteroatoms. The van der Waals surface area contributed by atoms with E-state index in [2.05, 4.69) is 0 Å². The van der Waals surface area contributed by atoms with E-state index < -0.39 is 57.9 Å². The quantitative estimate of drug-likeness (QED) is 0.273. The average molecular weight is 306 g/mol. The second-order valence-electron chi connectivity index (χ2n) is 3.07. The van der Waals surface area contributed by atoms with Gasteiger partial charge >= 0.3 is 10.4 Å². The number of nitrogens with two attached hydrogens (primary N) is 2. The van der Waals surface area contributed by atoms with Gasteiger partial charge in [-0.2, -0.15) is 8.42 Å². The smallest absolute Gasteiger partial charge is 0.326 e. The van der Waals surface area contributed by atoms with E-state index >= 15 is 0 Å². The maximum absolute atomic E-state index is 13.0. The summed E-state index contributed by atoms with van der Waals surface area (Å²) in [5.74, 6) is -6.68. The highest BCUT2D eigenvalue weighted by Crippen LogP contribution is 2.23. The summed E-state index contributed by atoms with van der Waals surface area (Å²) in [4.78, 5) is 0. The summed E-state index contributed by atoms with van der Waals surface area (Å²) >= 11 is 0. The first kappa shape index (κ1) is 17.7. The van der Waals surface area contributed by atoms with E-state index in [1.54, 1.807) is 0 Å². The topological polar surface area (TPSA) is 127 Å². The van der Waals surface area contributed by atoms with Gasteiger partial charge in [-0.3, -0.25) is 9.11 Å². The van der Waals surface area contributed by atoms with Crippen LogP contribution in [0.3, 0.4) is 0 Å². The molecular weight excluding hydrogens is 296 g/mol. The Bertz CT molecular complexity index is 522. The third-order valence-corrected chi connectivity index (χ3v) is 1.88. The molecule has 0 saturated carbocycles. The molecule has 0 atom stereocenters.